The van der Waals surface area contributed by atoms with E-state index < -0.39 is 0 Å². The zero-order chi connectivity index (χ0) is 10.8. The van der Waals surface area contributed by atoms with Gasteiger partial charge in [0, 0.05) is 11.6 Å². The minimum Gasteiger partial charge on any atom is -0.309 e. The molecule has 0 aromatic carbocycles. The number of rotatable bonds is 3. The second kappa shape index (κ2) is 4.14. The van der Waals surface area contributed by atoms with Crippen molar-refractivity contribution in [3.05, 3.63) is 27.4 Å². The molecule has 0 saturated carbocycles. The molecule has 1 aliphatic rings. The molecular weight excluding hydrogens is 190 g/mol. The van der Waals surface area contributed by atoms with Crippen LogP contribution in [0.4, 0.5) is 0 Å². The highest BCUT2D eigenvalue weighted by Gasteiger charge is 2.16. The Labute approximate surface area is 89.1 Å². The number of hydrogen-bond donors (Lipinski definition) is 2. The molecule has 1 aromatic rings. The molecule has 0 radical (unpaired) electrons. The van der Waals surface area contributed by atoms with E-state index in [1.807, 2.05) is 0 Å². The van der Waals surface area contributed by atoms with Gasteiger partial charge in [0.2, 0.25) is 0 Å². The summed E-state index contributed by atoms with van der Waals surface area (Å²) in [7, 11) is 0. The summed E-state index contributed by atoms with van der Waals surface area (Å²) in [5, 5.41) is 3.25. The van der Waals surface area contributed by atoms with Crippen LogP contribution in [0, 0.1) is 0 Å². The molecule has 1 heterocycles. The highest BCUT2D eigenvalue weighted by atomic mass is 16.1. The molecule has 0 amide bonds. The molecule has 1 aliphatic carbocycles. The van der Waals surface area contributed by atoms with Gasteiger partial charge in [-0.2, -0.15) is 0 Å². The molecular formula is C11H17N3O. The number of aryl methyl sites for hydroxylation is 1. The van der Waals surface area contributed by atoms with Gasteiger partial charge in [-0.3, -0.25) is 4.79 Å². The zero-order valence-electron chi connectivity index (χ0n) is 9.26. The van der Waals surface area contributed by atoms with Crippen LogP contribution >= 0.6 is 0 Å². The Balaban J connectivity index is 2.20. The first-order valence-corrected chi connectivity index (χ1v) is 5.51. The van der Waals surface area contributed by atoms with Crippen molar-refractivity contribution in [3.63, 3.8) is 0 Å². The number of aromatic amines is 1. The normalized spacial score (nSPS) is 14.6. The number of fused-ring (bicyclic) bond motifs is 1. The molecule has 0 fully saturated rings. The molecule has 0 saturated heterocycles. The van der Waals surface area contributed by atoms with Crippen molar-refractivity contribution in [1.82, 2.24) is 15.3 Å². The third kappa shape index (κ3) is 2.26. The number of H-pyrrole nitrogens is 1. The van der Waals surface area contributed by atoms with Crippen molar-refractivity contribution < 1.29 is 0 Å². The van der Waals surface area contributed by atoms with Crippen LogP contribution < -0.4 is 10.9 Å². The van der Waals surface area contributed by atoms with Crippen molar-refractivity contribution in [3.8, 4) is 0 Å². The zero-order valence-corrected chi connectivity index (χ0v) is 9.26. The first-order valence-electron chi connectivity index (χ1n) is 5.51. The summed E-state index contributed by atoms with van der Waals surface area (Å²) in [6, 6.07) is 0.406. The summed E-state index contributed by atoms with van der Waals surface area (Å²) in [4.78, 5) is 19.0. The van der Waals surface area contributed by atoms with Crippen molar-refractivity contribution in [2.24, 2.45) is 0 Å². The van der Waals surface area contributed by atoms with Gasteiger partial charge in [0.1, 0.15) is 5.82 Å². The van der Waals surface area contributed by atoms with E-state index >= 15 is 0 Å². The fourth-order valence-corrected chi connectivity index (χ4v) is 1.88. The number of hydrogen-bond acceptors (Lipinski definition) is 3. The quantitative estimate of drug-likeness (QED) is 0.769. The second-order valence-electron chi connectivity index (χ2n) is 4.33. The minimum atomic E-state index is 0.0538. The average Bonchev–Trinajstić information content (AvgIpc) is 2.63. The van der Waals surface area contributed by atoms with E-state index in [0.717, 1.165) is 36.3 Å². The Morgan fingerprint density at radius 1 is 1.47 bits per heavy atom. The SMILES string of the molecule is CC(C)NCc1nc2c(c(=O)[nH]1)CCC2. The molecule has 4 heteroatoms. The van der Waals surface area contributed by atoms with Crippen LogP contribution in [0.25, 0.3) is 0 Å². The molecule has 0 atom stereocenters. The molecule has 82 valence electrons. The lowest BCUT2D eigenvalue weighted by atomic mass is 10.2. The van der Waals surface area contributed by atoms with Crippen molar-refractivity contribution in [2.45, 2.75) is 45.7 Å². The minimum absolute atomic E-state index is 0.0538. The van der Waals surface area contributed by atoms with Crippen molar-refractivity contribution >= 4 is 0 Å². The van der Waals surface area contributed by atoms with E-state index in [-0.39, 0.29) is 5.56 Å². The maximum Gasteiger partial charge on any atom is 0.254 e. The largest absolute Gasteiger partial charge is 0.309 e. The molecule has 4 nitrogen and oxygen atoms in total. The lowest BCUT2D eigenvalue weighted by Gasteiger charge is -2.08. The Bertz CT molecular complexity index is 409. The maximum absolute atomic E-state index is 11.7. The molecule has 0 aliphatic heterocycles. The molecule has 15 heavy (non-hydrogen) atoms. The van der Waals surface area contributed by atoms with Gasteiger partial charge in [0.05, 0.1) is 12.2 Å². The van der Waals surface area contributed by atoms with Crippen LogP contribution in [0.5, 0.6) is 0 Å². The Morgan fingerprint density at radius 3 is 3.00 bits per heavy atom. The molecule has 0 unspecified atom stereocenters. The van der Waals surface area contributed by atoms with Crippen molar-refractivity contribution in [1.29, 1.82) is 0 Å². The third-order valence-electron chi connectivity index (χ3n) is 2.67. The van der Waals surface area contributed by atoms with E-state index in [9.17, 15) is 4.79 Å². The van der Waals surface area contributed by atoms with E-state index in [1.54, 1.807) is 0 Å². The van der Waals surface area contributed by atoms with Crippen LogP contribution in [0.1, 0.15) is 37.4 Å². The van der Waals surface area contributed by atoms with Crippen LogP contribution in [0.2, 0.25) is 0 Å². The Kier molecular flexibility index (Phi) is 2.86. The smallest absolute Gasteiger partial charge is 0.254 e. The van der Waals surface area contributed by atoms with Gasteiger partial charge in [-0.05, 0) is 19.3 Å². The number of nitrogens with one attached hydrogen (secondary N) is 2. The lowest BCUT2D eigenvalue weighted by molar-refractivity contribution is 0.569. The lowest BCUT2D eigenvalue weighted by Crippen LogP contribution is -2.26. The molecule has 2 N–H and O–H groups in total. The maximum atomic E-state index is 11.7. The predicted octanol–water partition coefficient (Wildman–Crippen LogP) is 0.757. The van der Waals surface area contributed by atoms with Gasteiger partial charge in [0.15, 0.2) is 0 Å². The van der Waals surface area contributed by atoms with Crippen LogP contribution in [-0.2, 0) is 19.4 Å². The van der Waals surface area contributed by atoms with Gasteiger partial charge >= 0.3 is 0 Å². The average molecular weight is 207 g/mol. The van der Waals surface area contributed by atoms with E-state index in [4.69, 9.17) is 0 Å². The van der Waals surface area contributed by atoms with Crippen LogP contribution in [-0.4, -0.2) is 16.0 Å². The second-order valence-corrected chi connectivity index (χ2v) is 4.33. The van der Waals surface area contributed by atoms with Crippen molar-refractivity contribution in [2.75, 3.05) is 0 Å². The predicted molar refractivity (Wildman–Crippen MR) is 58.9 cm³/mol. The van der Waals surface area contributed by atoms with Gasteiger partial charge in [-0.25, -0.2) is 4.98 Å². The first kappa shape index (κ1) is 10.4. The van der Waals surface area contributed by atoms with Gasteiger partial charge in [-0.15, -0.1) is 0 Å². The highest BCUT2D eigenvalue weighted by molar-refractivity contribution is 5.22. The fourth-order valence-electron chi connectivity index (χ4n) is 1.88. The molecule has 0 spiro atoms. The third-order valence-corrected chi connectivity index (χ3v) is 2.67. The monoisotopic (exact) mass is 207 g/mol. The summed E-state index contributed by atoms with van der Waals surface area (Å²) in [5.41, 5.74) is 1.95. The Hall–Kier alpha value is -1.16. The van der Waals surface area contributed by atoms with Gasteiger partial charge < -0.3 is 10.3 Å². The number of nitrogens with zero attached hydrogens (tertiary/aromatic N) is 1. The van der Waals surface area contributed by atoms with E-state index in [0.29, 0.717) is 12.6 Å². The highest BCUT2D eigenvalue weighted by Crippen LogP contribution is 2.15. The number of aromatic nitrogens is 2. The van der Waals surface area contributed by atoms with Gasteiger partial charge in [0.25, 0.3) is 5.56 Å². The standard InChI is InChI=1S/C11H17N3O/c1-7(2)12-6-10-13-9-5-3-4-8(9)11(15)14-10/h7,12H,3-6H2,1-2H3,(H,13,14,15). The topological polar surface area (TPSA) is 57.8 Å². The molecule has 1 aromatic heterocycles. The fraction of sp³-hybridized carbons (Fsp3) is 0.636. The summed E-state index contributed by atoms with van der Waals surface area (Å²) >= 11 is 0. The van der Waals surface area contributed by atoms with Crippen LogP contribution in [0.3, 0.4) is 0 Å². The summed E-state index contributed by atoms with van der Waals surface area (Å²) in [6.45, 7) is 4.79. The summed E-state index contributed by atoms with van der Waals surface area (Å²) in [6.07, 6.45) is 2.90. The summed E-state index contributed by atoms with van der Waals surface area (Å²) in [5.74, 6) is 0.759. The van der Waals surface area contributed by atoms with E-state index in [2.05, 4.69) is 29.1 Å². The molecule has 2 rings (SSSR count). The Morgan fingerprint density at radius 2 is 2.27 bits per heavy atom. The van der Waals surface area contributed by atoms with E-state index in [1.165, 1.54) is 0 Å². The molecule has 0 bridgehead atoms. The van der Waals surface area contributed by atoms with Crippen LogP contribution in [0.15, 0.2) is 4.79 Å². The van der Waals surface area contributed by atoms with Gasteiger partial charge in [-0.1, -0.05) is 13.8 Å². The first-order chi connectivity index (χ1) is 7.16. The summed E-state index contributed by atoms with van der Waals surface area (Å²) < 4.78 is 0.